The topological polar surface area (TPSA) is 53.6 Å². The van der Waals surface area contributed by atoms with Gasteiger partial charge in [-0.15, -0.1) is 0 Å². The van der Waals surface area contributed by atoms with Gasteiger partial charge in [-0.1, -0.05) is 72.8 Å². The van der Waals surface area contributed by atoms with Crippen LogP contribution < -0.4 is 5.32 Å². The average Bonchev–Trinajstić information content (AvgIpc) is 3.02. The number of hydrogen-bond acceptors (Lipinski definition) is 3. The molecule has 2 heterocycles. The minimum Gasteiger partial charge on any atom is -0.370 e. The van der Waals surface area contributed by atoms with E-state index in [-0.39, 0.29) is 5.92 Å². The zero-order valence-corrected chi connectivity index (χ0v) is 18.0. The normalized spacial score (nSPS) is 13.1. The van der Waals surface area contributed by atoms with Crippen molar-refractivity contribution in [2.24, 2.45) is 0 Å². The van der Waals surface area contributed by atoms with Crippen molar-refractivity contribution in [2.75, 3.05) is 11.9 Å². The third kappa shape index (κ3) is 3.90. The van der Waals surface area contributed by atoms with E-state index in [4.69, 9.17) is 5.10 Å². The lowest BCUT2D eigenvalue weighted by atomic mass is 9.86. The van der Waals surface area contributed by atoms with Crippen LogP contribution in [0.1, 0.15) is 46.7 Å². The highest BCUT2D eigenvalue weighted by atomic mass is 15.3. The van der Waals surface area contributed by atoms with Gasteiger partial charge in [-0.05, 0) is 42.5 Å². The Morgan fingerprint density at radius 2 is 1.53 bits per heavy atom. The number of benzene rings is 3. The molecule has 0 unspecified atom stereocenters. The summed E-state index contributed by atoms with van der Waals surface area (Å²) in [7, 11) is 0. The number of para-hydroxylation sites is 1. The highest BCUT2D eigenvalue weighted by Gasteiger charge is 2.25. The van der Waals surface area contributed by atoms with Crippen molar-refractivity contribution >= 4 is 5.82 Å². The maximum atomic E-state index is 9.68. The highest BCUT2D eigenvalue weighted by molar-refractivity contribution is 5.59. The summed E-state index contributed by atoms with van der Waals surface area (Å²) in [6.07, 6.45) is 4.09. The van der Waals surface area contributed by atoms with E-state index < -0.39 is 0 Å². The first-order valence-electron chi connectivity index (χ1n) is 11.3. The van der Waals surface area contributed by atoms with E-state index in [1.54, 1.807) is 0 Å². The Labute approximate surface area is 189 Å². The van der Waals surface area contributed by atoms with Crippen molar-refractivity contribution in [1.82, 2.24) is 9.78 Å². The van der Waals surface area contributed by atoms with Gasteiger partial charge >= 0.3 is 0 Å². The molecule has 158 valence electrons. The van der Waals surface area contributed by atoms with Crippen LogP contribution >= 0.6 is 0 Å². The predicted molar refractivity (Wildman–Crippen MR) is 128 cm³/mol. The van der Waals surface area contributed by atoms with Gasteiger partial charge in [0.05, 0.1) is 16.9 Å². The number of nitrogens with one attached hydrogen (secondary N) is 1. The molecule has 0 spiro atoms. The largest absolute Gasteiger partial charge is 0.370 e. The molecule has 4 heteroatoms. The fourth-order valence-electron chi connectivity index (χ4n) is 4.66. The van der Waals surface area contributed by atoms with E-state index in [1.165, 1.54) is 16.7 Å². The summed E-state index contributed by atoms with van der Waals surface area (Å²) >= 11 is 0. The predicted octanol–water partition coefficient (Wildman–Crippen LogP) is 5.87. The number of rotatable bonds is 5. The Bertz CT molecular complexity index is 1200. The molecule has 1 aliphatic rings. The van der Waals surface area contributed by atoms with Crippen LogP contribution in [-0.2, 0) is 12.8 Å². The first kappa shape index (κ1) is 20.1. The van der Waals surface area contributed by atoms with E-state index >= 15 is 0 Å². The molecule has 1 aliphatic heterocycles. The smallest absolute Gasteiger partial charge is 0.133 e. The summed E-state index contributed by atoms with van der Waals surface area (Å²) < 4.78 is 1.96. The van der Waals surface area contributed by atoms with Crippen LogP contribution in [0.3, 0.4) is 0 Å². The maximum absolute atomic E-state index is 9.68. The van der Waals surface area contributed by atoms with Crippen LogP contribution in [0.4, 0.5) is 5.82 Å². The van der Waals surface area contributed by atoms with Gasteiger partial charge in [0.1, 0.15) is 11.9 Å². The summed E-state index contributed by atoms with van der Waals surface area (Å²) in [4.78, 5) is 0. The molecule has 1 aromatic heterocycles. The second kappa shape index (κ2) is 9.11. The fourth-order valence-corrected chi connectivity index (χ4v) is 4.66. The van der Waals surface area contributed by atoms with Gasteiger partial charge in [-0.25, -0.2) is 4.68 Å². The van der Waals surface area contributed by atoms with Crippen LogP contribution in [0.2, 0.25) is 0 Å². The third-order valence-corrected chi connectivity index (χ3v) is 6.27. The van der Waals surface area contributed by atoms with Gasteiger partial charge in [0.15, 0.2) is 0 Å². The van der Waals surface area contributed by atoms with Crippen LogP contribution in [0.15, 0.2) is 84.9 Å². The van der Waals surface area contributed by atoms with Gasteiger partial charge in [0.2, 0.25) is 0 Å². The highest BCUT2D eigenvalue weighted by Crippen LogP contribution is 2.34. The number of anilines is 1. The molecule has 0 radical (unpaired) electrons. The lowest BCUT2D eigenvalue weighted by Crippen LogP contribution is -2.09. The molecule has 0 saturated carbocycles. The van der Waals surface area contributed by atoms with Crippen molar-refractivity contribution in [3.8, 4) is 11.8 Å². The van der Waals surface area contributed by atoms with Gasteiger partial charge in [-0.3, -0.25) is 0 Å². The van der Waals surface area contributed by atoms with Crippen LogP contribution in [0, 0.1) is 11.3 Å². The van der Waals surface area contributed by atoms with Crippen molar-refractivity contribution in [3.05, 3.63) is 113 Å². The summed E-state index contributed by atoms with van der Waals surface area (Å²) in [5.41, 5.74) is 6.45. The SMILES string of the molecule is N#Cc1ccccc1-n1nc(CC(c2ccccc2)c2ccccc2)c2c1NCCCC2. The molecular weight excluding hydrogens is 392 g/mol. The quantitative estimate of drug-likeness (QED) is 0.441. The number of aromatic nitrogens is 2. The fraction of sp³-hybridized carbons (Fsp3) is 0.214. The summed E-state index contributed by atoms with van der Waals surface area (Å²) in [5.74, 6) is 1.26. The minimum absolute atomic E-state index is 0.222. The molecule has 0 bridgehead atoms. The maximum Gasteiger partial charge on any atom is 0.133 e. The zero-order valence-electron chi connectivity index (χ0n) is 18.0. The third-order valence-electron chi connectivity index (χ3n) is 6.27. The molecule has 0 atom stereocenters. The van der Waals surface area contributed by atoms with Crippen molar-refractivity contribution in [2.45, 2.75) is 31.6 Å². The molecule has 0 amide bonds. The first-order chi connectivity index (χ1) is 15.8. The molecule has 4 aromatic rings. The van der Waals surface area contributed by atoms with Crippen LogP contribution in [-0.4, -0.2) is 16.3 Å². The zero-order chi connectivity index (χ0) is 21.8. The molecular formula is C28H26N4. The molecule has 0 fully saturated rings. The molecule has 4 nitrogen and oxygen atoms in total. The molecule has 0 aliphatic carbocycles. The number of nitrogens with zero attached hydrogens (tertiary/aromatic N) is 3. The van der Waals surface area contributed by atoms with Gasteiger partial charge < -0.3 is 5.32 Å². The number of nitriles is 1. The summed E-state index contributed by atoms with van der Waals surface area (Å²) in [5, 5.41) is 18.4. The Hall–Kier alpha value is -3.84. The molecule has 3 aromatic carbocycles. The minimum atomic E-state index is 0.222. The number of hydrogen-bond donors (Lipinski definition) is 1. The molecule has 5 rings (SSSR count). The van der Waals surface area contributed by atoms with E-state index in [2.05, 4.69) is 72.0 Å². The van der Waals surface area contributed by atoms with Crippen molar-refractivity contribution in [1.29, 1.82) is 5.26 Å². The number of fused-ring (bicyclic) bond motifs is 1. The van der Waals surface area contributed by atoms with Gasteiger partial charge in [0, 0.05) is 24.4 Å². The second-order valence-corrected chi connectivity index (χ2v) is 8.28. The molecule has 1 N–H and O–H groups in total. The Morgan fingerprint density at radius 3 is 2.22 bits per heavy atom. The average molecular weight is 419 g/mol. The Morgan fingerprint density at radius 1 is 0.875 bits per heavy atom. The first-order valence-corrected chi connectivity index (χ1v) is 11.3. The Kier molecular flexibility index (Phi) is 5.72. The standard InChI is InChI=1S/C28H26N4/c29-20-23-15-7-8-17-27(23)32-28-24(16-9-10-18-30-28)26(31-32)19-25(21-11-3-1-4-12-21)22-13-5-2-6-14-22/h1-8,11-15,17,25,30H,9-10,16,18-19H2. The van der Waals surface area contributed by atoms with Crippen molar-refractivity contribution < 1.29 is 0 Å². The summed E-state index contributed by atoms with van der Waals surface area (Å²) in [6.45, 7) is 0.924. The van der Waals surface area contributed by atoms with E-state index in [9.17, 15) is 5.26 Å². The van der Waals surface area contributed by atoms with E-state index in [0.717, 1.165) is 49.4 Å². The van der Waals surface area contributed by atoms with Crippen LogP contribution in [0.25, 0.3) is 5.69 Å². The second-order valence-electron chi connectivity index (χ2n) is 8.28. The Balaban J connectivity index is 1.63. The van der Waals surface area contributed by atoms with Crippen LogP contribution in [0.5, 0.6) is 0 Å². The van der Waals surface area contributed by atoms with Gasteiger partial charge in [-0.2, -0.15) is 10.4 Å². The lowest BCUT2D eigenvalue weighted by molar-refractivity contribution is 0.727. The van der Waals surface area contributed by atoms with E-state index in [1.807, 2.05) is 28.9 Å². The van der Waals surface area contributed by atoms with Gasteiger partial charge in [0.25, 0.3) is 0 Å². The van der Waals surface area contributed by atoms with Crippen molar-refractivity contribution in [3.63, 3.8) is 0 Å². The lowest BCUT2D eigenvalue weighted by Gasteiger charge is -2.18. The monoisotopic (exact) mass is 418 g/mol. The summed E-state index contributed by atoms with van der Waals surface area (Å²) in [6, 6.07) is 31.4. The molecule has 32 heavy (non-hydrogen) atoms. The van der Waals surface area contributed by atoms with E-state index in [0.29, 0.717) is 5.56 Å². The molecule has 0 saturated heterocycles.